The van der Waals surface area contributed by atoms with Gasteiger partial charge in [-0.3, -0.25) is 9.69 Å². The minimum atomic E-state index is -1.56. The summed E-state index contributed by atoms with van der Waals surface area (Å²) in [6, 6.07) is 3.01. The molecule has 14 heteroatoms. The van der Waals surface area contributed by atoms with Crippen LogP contribution in [0.2, 0.25) is 15.1 Å². The van der Waals surface area contributed by atoms with Gasteiger partial charge in [0.1, 0.15) is 22.5 Å². The van der Waals surface area contributed by atoms with Crippen LogP contribution in [0.25, 0.3) is 17.0 Å². The second-order valence-electron chi connectivity index (χ2n) is 11.6. The first-order chi connectivity index (χ1) is 21.7. The van der Waals surface area contributed by atoms with Crippen molar-refractivity contribution in [3.05, 3.63) is 80.1 Å². The standard InChI is InChI=1S/C32H31Cl3F2N6O3/c1-6-20(44)42-10-9-41(13-16(42)5)29-17-11-19(33)27(21-22(34)24(36)23(35)25(37)30(21)45)40-31(17)43(32(46)18(29)12-38)28-15(4)7-8-39-26(28)14(2)3/h6-8,11,14,16,26,32,39,45-46H,1,9-10,13H2,2-5H3/t16-,26?,32?/m1/s1. The molecule has 0 radical (unpaired) electrons. The zero-order valence-electron chi connectivity index (χ0n) is 25.4. The molecule has 4 heterocycles. The Bertz CT molecular complexity index is 1760. The molecular formula is C32H31Cl3F2N6O3. The van der Waals surface area contributed by atoms with E-state index in [0.717, 1.165) is 5.57 Å². The third-order valence-electron chi connectivity index (χ3n) is 8.43. The van der Waals surface area contributed by atoms with Crippen molar-refractivity contribution in [2.45, 2.75) is 46.0 Å². The summed E-state index contributed by atoms with van der Waals surface area (Å²) in [5.41, 5.74) is 1.24. The number of piperazine rings is 1. The number of hydrogen-bond donors (Lipinski definition) is 3. The molecule has 242 valence electrons. The topological polar surface area (TPSA) is 116 Å². The molecule has 1 aromatic carbocycles. The molecule has 0 saturated carbocycles. The maximum absolute atomic E-state index is 14.9. The van der Waals surface area contributed by atoms with Crippen molar-refractivity contribution in [1.29, 1.82) is 5.26 Å². The van der Waals surface area contributed by atoms with E-state index < -0.39 is 39.2 Å². The number of halogens is 5. The minimum absolute atomic E-state index is 0.00232. The summed E-state index contributed by atoms with van der Waals surface area (Å²) in [5, 5.41) is 34.7. The largest absolute Gasteiger partial charge is 0.504 e. The molecule has 0 bridgehead atoms. The number of aliphatic hydroxyl groups excluding tert-OH is 1. The number of nitrogens with one attached hydrogen (secondary N) is 1. The van der Waals surface area contributed by atoms with Crippen LogP contribution >= 0.6 is 34.8 Å². The predicted octanol–water partition coefficient (Wildman–Crippen LogP) is 6.20. The number of dihydropyridines is 1. The number of amides is 1. The van der Waals surface area contributed by atoms with Gasteiger partial charge in [0.25, 0.3) is 0 Å². The summed E-state index contributed by atoms with van der Waals surface area (Å²) in [6.07, 6.45) is 3.29. The van der Waals surface area contributed by atoms with Gasteiger partial charge >= 0.3 is 0 Å². The fourth-order valence-electron chi connectivity index (χ4n) is 6.20. The van der Waals surface area contributed by atoms with Crippen molar-refractivity contribution >= 4 is 52.2 Å². The van der Waals surface area contributed by atoms with Gasteiger partial charge in [-0.1, -0.05) is 55.2 Å². The van der Waals surface area contributed by atoms with E-state index in [4.69, 9.17) is 39.8 Å². The summed E-state index contributed by atoms with van der Waals surface area (Å²) < 4.78 is 29.8. The van der Waals surface area contributed by atoms with Gasteiger partial charge in [-0.2, -0.15) is 5.26 Å². The second kappa shape index (κ2) is 12.8. The number of carbonyl (C=O) groups is 1. The molecule has 1 fully saturated rings. The lowest BCUT2D eigenvalue weighted by Crippen LogP contribution is -2.54. The number of fused-ring (bicyclic) bond motifs is 1. The van der Waals surface area contributed by atoms with Crippen molar-refractivity contribution in [3.8, 4) is 23.1 Å². The van der Waals surface area contributed by atoms with Gasteiger partial charge < -0.3 is 25.3 Å². The number of phenols is 1. The second-order valence-corrected chi connectivity index (χ2v) is 12.8. The SMILES string of the molecule is C=CC(=O)N1CCN(C2=C(C#N)C(O)N(C3=C(C)C=CNC3C(C)C)c3nc(-c4c(O)c(F)c(Cl)c(F)c4Cl)c(Cl)cc32)C[C@H]1C. The number of aromatic hydroxyl groups is 1. The van der Waals surface area contributed by atoms with E-state index in [1.54, 1.807) is 11.1 Å². The van der Waals surface area contributed by atoms with Gasteiger partial charge in [0, 0.05) is 36.9 Å². The third kappa shape index (κ3) is 5.37. The number of allylic oxidation sites excluding steroid dienone is 2. The summed E-state index contributed by atoms with van der Waals surface area (Å²) in [4.78, 5) is 22.2. The first kappa shape index (κ1) is 33.5. The average Bonchev–Trinajstić information content (AvgIpc) is 3.02. The van der Waals surface area contributed by atoms with Crippen LogP contribution in [0.5, 0.6) is 5.75 Å². The lowest BCUT2D eigenvalue weighted by atomic mass is 9.90. The number of nitrogens with zero attached hydrogens (tertiary/aromatic N) is 5. The summed E-state index contributed by atoms with van der Waals surface area (Å²) in [5.74, 6) is -3.94. The zero-order valence-corrected chi connectivity index (χ0v) is 27.6. The summed E-state index contributed by atoms with van der Waals surface area (Å²) in [6.45, 7) is 12.2. The molecule has 46 heavy (non-hydrogen) atoms. The average molecular weight is 692 g/mol. The molecule has 2 aromatic rings. The maximum Gasteiger partial charge on any atom is 0.246 e. The Kier molecular flexibility index (Phi) is 9.30. The molecule has 3 aliphatic heterocycles. The highest BCUT2D eigenvalue weighted by atomic mass is 35.5. The Balaban J connectivity index is 1.81. The Labute approximate surface area is 280 Å². The first-order valence-electron chi connectivity index (χ1n) is 14.4. The van der Waals surface area contributed by atoms with Crippen LogP contribution in [0.15, 0.2) is 47.8 Å². The molecule has 1 amide bonds. The highest BCUT2D eigenvalue weighted by molar-refractivity contribution is 6.39. The number of aliphatic hydroxyl groups is 1. The summed E-state index contributed by atoms with van der Waals surface area (Å²) >= 11 is 18.7. The van der Waals surface area contributed by atoms with Crippen molar-refractivity contribution < 1.29 is 23.8 Å². The minimum Gasteiger partial charge on any atom is -0.504 e. The number of benzene rings is 1. The van der Waals surface area contributed by atoms with E-state index in [2.05, 4.69) is 18.0 Å². The van der Waals surface area contributed by atoms with E-state index in [1.165, 1.54) is 17.0 Å². The molecule has 5 rings (SSSR count). The van der Waals surface area contributed by atoms with Crippen LogP contribution in [0.1, 0.15) is 33.3 Å². The number of pyridine rings is 1. The first-order valence-corrected chi connectivity index (χ1v) is 15.6. The molecule has 3 N–H and O–H groups in total. The molecule has 3 aliphatic rings. The monoisotopic (exact) mass is 690 g/mol. The fourth-order valence-corrected chi connectivity index (χ4v) is 6.95. The van der Waals surface area contributed by atoms with Crippen LogP contribution in [-0.2, 0) is 4.79 Å². The number of anilines is 1. The van der Waals surface area contributed by atoms with Crippen molar-refractivity contribution in [2.24, 2.45) is 5.92 Å². The Morgan fingerprint density at radius 1 is 1.24 bits per heavy atom. The molecule has 2 unspecified atom stereocenters. The molecule has 9 nitrogen and oxygen atoms in total. The Hall–Kier alpha value is -3.82. The molecule has 1 saturated heterocycles. The molecule has 0 spiro atoms. The van der Waals surface area contributed by atoms with Crippen molar-refractivity contribution in [1.82, 2.24) is 20.1 Å². The van der Waals surface area contributed by atoms with E-state index >= 15 is 0 Å². The molecular weight excluding hydrogens is 661 g/mol. The zero-order chi connectivity index (χ0) is 33.8. The van der Waals surface area contributed by atoms with E-state index in [9.17, 15) is 29.1 Å². The molecule has 1 aromatic heterocycles. The van der Waals surface area contributed by atoms with E-state index in [0.29, 0.717) is 36.6 Å². The van der Waals surface area contributed by atoms with Gasteiger partial charge in [0.15, 0.2) is 23.6 Å². The normalized spacial score (nSPS) is 21.4. The van der Waals surface area contributed by atoms with Crippen LogP contribution in [0, 0.1) is 28.9 Å². The summed E-state index contributed by atoms with van der Waals surface area (Å²) in [7, 11) is 0. The maximum atomic E-state index is 14.9. The van der Waals surface area contributed by atoms with E-state index in [-0.39, 0.29) is 46.0 Å². The highest BCUT2D eigenvalue weighted by Gasteiger charge is 2.43. The number of carbonyl (C=O) groups excluding carboxylic acids is 1. The van der Waals surface area contributed by atoms with E-state index in [1.807, 2.05) is 38.7 Å². The van der Waals surface area contributed by atoms with Crippen LogP contribution in [-0.4, -0.2) is 68.8 Å². The van der Waals surface area contributed by atoms with Gasteiger partial charge in [0.2, 0.25) is 5.91 Å². The quantitative estimate of drug-likeness (QED) is 0.193. The predicted molar refractivity (Wildman–Crippen MR) is 174 cm³/mol. The van der Waals surface area contributed by atoms with Crippen molar-refractivity contribution in [2.75, 3.05) is 24.5 Å². The highest BCUT2D eigenvalue weighted by Crippen LogP contribution is 2.49. The number of nitriles is 1. The van der Waals surface area contributed by atoms with Crippen LogP contribution in [0.4, 0.5) is 14.6 Å². The number of hydrogen-bond acceptors (Lipinski definition) is 8. The smallest absolute Gasteiger partial charge is 0.246 e. The fraction of sp³-hybridized carbons (Fsp3) is 0.344. The number of aromatic nitrogens is 1. The third-order valence-corrected chi connectivity index (χ3v) is 9.41. The van der Waals surface area contributed by atoms with Gasteiger partial charge in [-0.05, 0) is 49.8 Å². The molecule has 3 atom stereocenters. The number of rotatable bonds is 5. The van der Waals surface area contributed by atoms with Gasteiger partial charge in [0.05, 0.1) is 33.0 Å². The Morgan fingerprint density at radius 2 is 1.93 bits per heavy atom. The molecule has 0 aliphatic carbocycles. The van der Waals surface area contributed by atoms with Crippen molar-refractivity contribution in [3.63, 3.8) is 0 Å². The van der Waals surface area contributed by atoms with Gasteiger partial charge in [-0.15, -0.1) is 0 Å². The lowest BCUT2D eigenvalue weighted by molar-refractivity contribution is -0.129. The van der Waals surface area contributed by atoms with Crippen LogP contribution in [0.3, 0.4) is 0 Å². The lowest BCUT2D eigenvalue weighted by Gasteiger charge is -2.46. The van der Waals surface area contributed by atoms with Crippen LogP contribution < -0.4 is 10.2 Å². The Morgan fingerprint density at radius 3 is 2.54 bits per heavy atom. The number of phenolic OH excluding ortho intramolecular Hbond substituents is 1. The van der Waals surface area contributed by atoms with Gasteiger partial charge in [-0.25, -0.2) is 13.8 Å².